The van der Waals surface area contributed by atoms with Gasteiger partial charge in [0.1, 0.15) is 6.10 Å². The van der Waals surface area contributed by atoms with E-state index in [0.717, 1.165) is 12.0 Å². The van der Waals surface area contributed by atoms with E-state index in [1.54, 1.807) is 0 Å². The van der Waals surface area contributed by atoms with Crippen molar-refractivity contribution in [3.63, 3.8) is 0 Å². The Labute approximate surface area is 83.5 Å². The molecule has 2 nitrogen and oxygen atoms in total. The van der Waals surface area contributed by atoms with E-state index in [1.807, 2.05) is 37.3 Å². The maximum Gasteiger partial charge on any atom is 0.144 e. The molecular formula is C11H14FNO. The van der Waals surface area contributed by atoms with Crippen molar-refractivity contribution in [2.75, 3.05) is 0 Å². The van der Waals surface area contributed by atoms with E-state index in [4.69, 9.17) is 10.00 Å². The van der Waals surface area contributed by atoms with Crippen LogP contribution in [-0.4, -0.2) is 6.10 Å². The summed E-state index contributed by atoms with van der Waals surface area (Å²) in [6.45, 7) is 2.46. The largest absolute Gasteiger partial charge is 0.359 e. The average molecular weight is 195 g/mol. The zero-order valence-corrected chi connectivity index (χ0v) is 8.14. The maximum absolute atomic E-state index is 8.63. The van der Waals surface area contributed by atoms with E-state index in [9.17, 15) is 0 Å². The Hall–Kier alpha value is -1.40. The molecule has 0 spiro atoms. The first-order valence-electron chi connectivity index (χ1n) is 4.42. The molecule has 0 bridgehead atoms. The zero-order valence-electron chi connectivity index (χ0n) is 8.14. The van der Waals surface area contributed by atoms with Crippen molar-refractivity contribution in [1.29, 1.82) is 5.26 Å². The highest BCUT2D eigenvalue weighted by Crippen LogP contribution is 2.04. The fourth-order valence-corrected chi connectivity index (χ4v) is 1.02. The molecule has 0 aliphatic heterocycles. The highest BCUT2D eigenvalue weighted by atomic mass is 19.0. The number of halogens is 1. The van der Waals surface area contributed by atoms with Gasteiger partial charge in [-0.1, -0.05) is 37.3 Å². The molecule has 0 saturated carbocycles. The van der Waals surface area contributed by atoms with Crippen LogP contribution < -0.4 is 0 Å². The second-order valence-corrected chi connectivity index (χ2v) is 2.82. The van der Waals surface area contributed by atoms with Gasteiger partial charge >= 0.3 is 0 Å². The normalized spacial score (nSPS) is 11.1. The first-order chi connectivity index (χ1) is 6.36. The highest BCUT2D eigenvalue weighted by Gasteiger charge is 2.03. The van der Waals surface area contributed by atoms with E-state index >= 15 is 0 Å². The summed E-state index contributed by atoms with van der Waals surface area (Å²) in [5.74, 6) is 0. The molecule has 1 atom stereocenters. The van der Waals surface area contributed by atoms with Gasteiger partial charge in [-0.2, -0.15) is 5.26 Å². The van der Waals surface area contributed by atoms with Crippen LogP contribution in [0.25, 0.3) is 0 Å². The standard InChI is InChI=1S/C11H13NO.FH/c1-2-11(8-12)13-9-10-6-4-3-5-7-10;/h3-7,11H,2,9H2,1H3;1H. The number of nitriles is 1. The third kappa shape index (κ3) is 4.01. The topological polar surface area (TPSA) is 33.0 Å². The highest BCUT2D eigenvalue weighted by molar-refractivity contribution is 5.13. The van der Waals surface area contributed by atoms with Crippen LogP contribution >= 0.6 is 0 Å². The van der Waals surface area contributed by atoms with Crippen molar-refractivity contribution >= 4 is 0 Å². The van der Waals surface area contributed by atoms with Gasteiger partial charge in [0.05, 0.1) is 12.7 Å². The molecule has 0 heterocycles. The Balaban J connectivity index is 0.00000169. The smallest absolute Gasteiger partial charge is 0.144 e. The Bertz CT molecular complexity index is 281. The lowest BCUT2D eigenvalue weighted by Crippen LogP contribution is -2.08. The third-order valence-corrected chi connectivity index (χ3v) is 1.81. The van der Waals surface area contributed by atoms with Gasteiger partial charge in [-0.15, -0.1) is 0 Å². The van der Waals surface area contributed by atoms with Crippen molar-refractivity contribution in [2.45, 2.75) is 26.1 Å². The summed E-state index contributed by atoms with van der Waals surface area (Å²) in [5, 5.41) is 8.63. The number of ether oxygens (including phenoxy) is 1. The summed E-state index contributed by atoms with van der Waals surface area (Å²) in [5.41, 5.74) is 1.11. The average Bonchev–Trinajstić information content (AvgIpc) is 2.21. The predicted molar refractivity (Wildman–Crippen MR) is 53.4 cm³/mol. The SMILES string of the molecule is CCC(C#N)OCc1ccccc1.F. The lowest BCUT2D eigenvalue weighted by Gasteiger charge is -2.07. The van der Waals surface area contributed by atoms with E-state index < -0.39 is 0 Å². The van der Waals surface area contributed by atoms with Gasteiger partial charge in [0.25, 0.3) is 0 Å². The summed E-state index contributed by atoms with van der Waals surface area (Å²) < 4.78 is 5.37. The van der Waals surface area contributed by atoms with Crippen molar-refractivity contribution < 1.29 is 9.44 Å². The summed E-state index contributed by atoms with van der Waals surface area (Å²) >= 11 is 0. The first kappa shape index (κ1) is 12.6. The van der Waals surface area contributed by atoms with Crippen LogP contribution in [-0.2, 0) is 11.3 Å². The number of nitrogens with zero attached hydrogens (tertiary/aromatic N) is 1. The Kier molecular flexibility index (Phi) is 6.34. The van der Waals surface area contributed by atoms with Gasteiger partial charge in [0, 0.05) is 0 Å². The molecule has 0 aliphatic carbocycles. The monoisotopic (exact) mass is 195 g/mol. The Morgan fingerprint density at radius 3 is 2.50 bits per heavy atom. The Morgan fingerprint density at radius 1 is 1.36 bits per heavy atom. The second-order valence-electron chi connectivity index (χ2n) is 2.82. The van der Waals surface area contributed by atoms with Gasteiger partial charge in [-0.05, 0) is 12.0 Å². The van der Waals surface area contributed by atoms with Gasteiger partial charge in [0.15, 0.2) is 0 Å². The molecule has 1 aromatic rings. The van der Waals surface area contributed by atoms with Crippen LogP contribution in [0.5, 0.6) is 0 Å². The molecule has 0 aromatic heterocycles. The zero-order chi connectivity index (χ0) is 9.52. The van der Waals surface area contributed by atoms with Gasteiger partial charge < -0.3 is 4.74 Å². The summed E-state index contributed by atoms with van der Waals surface area (Å²) in [4.78, 5) is 0. The van der Waals surface area contributed by atoms with Crippen molar-refractivity contribution in [3.8, 4) is 6.07 Å². The summed E-state index contributed by atoms with van der Waals surface area (Å²) in [6, 6.07) is 12.0. The molecule has 0 amide bonds. The van der Waals surface area contributed by atoms with E-state index in [1.165, 1.54) is 0 Å². The molecule has 3 heteroatoms. The van der Waals surface area contributed by atoms with Crippen LogP contribution in [0.4, 0.5) is 4.70 Å². The molecule has 0 saturated heterocycles. The van der Waals surface area contributed by atoms with Crippen molar-refractivity contribution in [1.82, 2.24) is 0 Å². The van der Waals surface area contributed by atoms with Gasteiger partial charge in [0.2, 0.25) is 0 Å². The van der Waals surface area contributed by atoms with Crippen LogP contribution in [0.3, 0.4) is 0 Å². The van der Waals surface area contributed by atoms with Crippen molar-refractivity contribution in [3.05, 3.63) is 35.9 Å². The number of rotatable bonds is 4. The minimum Gasteiger partial charge on any atom is -0.359 e. The first-order valence-corrected chi connectivity index (χ1v) is 4.42. The molecule has 14 heavy (non-hydrogen) atoms. The van der Waals surface area contributed by atoms with Crippen LogP contribution in [0.15, 0.2) is 30.3 Å². The second kappa shape index (κ2) is 7.05. The van der Waals surface area contributed by atoms with Crippen LogP contribution in [0.2, 0.25) is 0 Å². The molecule has 76 valence electrons. The molecule has 0 radical (unpaired) electrons. The third-order valence-electron chi connectivity index (χ3n) is 1.81. The molecule has 1 unspecified atom stereocenters. The molecule has 1 aromatic carbocycles. The Morgan fingerprint density at radius 2 is 2.00 bits per heavy atom. The molecule has 1 rings (SSSR count). The molecule has 0 N–H and O–H groups in total. The summed E-state index contributed by atoms with van der Waals surface area (Å²) in [7, 11) is 0. The summed E-state index contributed by atoms with van der Waals surface area (Å²) in [6.07, 6.45) is 0.462. The maximum atomic E-state index is 8.63. The number of hydrogen-bond donors (Lipinski definition) is 0. The van der Waals surface area contributed by atoms with E-state index in [0.29, 0.717) is 6.61 Å². The molecular weight excluding hydrogens is 181 g/mol. The van der Waals surface area contributed by atoms with Crippen molar-refractivity contribution in [2.24, 2.45) is 0 Å². The minimum absolute atomic E-state index is 0. The fraction of sp³-hybridized carbons (Fsp3) is 0.364. The van der Waals surface area contributed by atoms with E-state index in [2.05, 4.69) is 6.07 Å². The lowest BCUT2D eigenvalue weighted by atomic mass is 10.2. The van der Waals surface area contributed by atoms with Gasteiger partial charge in [-0.25, -0.2) is 0 Å². The molecule has 0 fully saturated rings. The number of hydrogen-bond acceptors (Lipinski definition) is 2. The lowest BCUT2D eigenvalue weighted by molar-refractivity contribution is 0.0745. The minimum atomic E-state index is -0.278. The van der Waals surface area contributed by atoms with Crippen LogP contribution in [0.1, 0.15) is 18.9 Å². The predicted octanol–water partition coefficient (Wildman–Crippen LogP) is 2.66. The molecule has 0 aliphatic rings. The van der Waals surface area contributed by atoms with E-state index in [-0.39, 0.29) is 10.8 Å². The van der Waals surface area contributed by atoms with Crippen LogP contribution in [0, 0.1) is 11.3 Å². The quantitative estimate of drug-likeness (QED) is 0.740. The number of benzene rings is 1. The fourth-order valence-electron chi connectivity index (χ4n) is 1.02. The van der Waals surface area contributed by atoms with Gasteiger partial charge in [-0.3, -0.25) is 4.70 Å².